The summed E-state index contributed by atoms with van der Waals surface area (Å²) in [7, 11) is 0. The first-order valence-corrected chi connectivity index (χ1v) is 7.42. The molecule has 3 aromatic rings. The molecule has 23 heavy (non-hydrogen) atoms. The van der Waals surface area contributed by atoms with Gasteiger partial charge in [-0.15, -0.1) is 0 Å². The topological polar surface area (TPSA) is 64.0 Å². The van der Waals surface area contributed by atoms with Crippen LogP contribution in [0.4, 0.5) is 5.69 Å². The zero-order valence-electron chi connectivity index (χ0n) is 12.2. The van der Waals surface area contributed by atoms with E-state index >= 15 is 0 Å². The zero-order valence-corrected chi connectivity index (χ0v) is 13.0. The quantitative estimate of drug-likeness (QED) is 0.772. The number of nitriles is 1. The van der Waals surface area contributed by atoms with E-state index in [4.69, 9.17) is 22.1 Å². The Morgan fingerprint density at radius 2 is 1.78 bits per heavy atom. The molecule has 0 aliphatic rings. The van der Waals surface area contributed by atoms with Crippen LogP contribution in [0, 0.1) is 11.3 Å². The lowest BCUT2D eigenvalue weighted by Gasteiger charge is -2.13. The molecule has 0 fully saturated rings. The Balaban J connectivity index is 2.01. The summed E-state index contributed by atoms with van der Waals surface area (Å²) >= 11 is 6.14. The summed E-state index contributed by atoms with van der Waals surface area (Å²) in [5.74, 6) is 0.913. The van der Waals surface area contributed by atoms with Gasteiger partial charge in [0.05, 0.1) is 17.3 Å². The third-order valence-electron chi connectivity index (χ3n) is 3.42. The molecule has 2 N–H and O–H groups in total. The second-order valence-electron chi connectivity index (χ2n) is 5.01. The summed E-state index contributed by atoms with van der Waals surface area (Å²) < 4.78 is 7.62. The molecule has 0 aliphatic heterocycles. The minimum absolute atomic E-state index is 0.400. The average Bonchev–Trinajstić information content (AvgIpc) is 2.86. The average molecular weight is 324 g/mol. The van der Waals surface area contributed by atoms with Crippen LogP contribution in [-0.2, 0) is 6.54 Å². The Morgan fingerprint density at radius 3 is 2.48 bits per heavy atom. The van der Waals surface area contributed by atoms with Gasteiger partial charge in [-0.25, -0.2) is 0 Å². The second-order valence-corrected chi connectivity index (χ2v) is 5.41. The van der Waals surface area contributed by atoms with E-state index in [0.29, 0.717) is 34.6 Å². The number of nitrogens with two attached hydrogens (primary N) is 1. The smallest absolute Gasteiger partial charge is 0.224 e. The number of aromatic nitrogens is 1. The van der Waals surface area contributed by atoms with Crippen LogP contribution in [0.1, 0.15) is 11.3 Å². The summed E-state index contributed by atoms with van der Waals surface area (Å²) in [5, 5.41) is 9.83. The van der Waals surface area contributed by atoms with Gasteiger partial charge in [0.2, 0.25) is 5.88 Å². The van der Waals surface area contributed by atoms with Crippen molar-refractivity contribution in [1.82, 2.24) is 4.57 Å². The molecule has 1 aromatic heterocycles. The first kappa shape index (κ1) is 15.0. The SMILES string of the molecule is N#Cc1cc(N)c(Oc2ccccc2Cl)n1Cc1ccccc1. The highest BCUT2D eigenvalue weighted by Gasteiger charge is 2.16. The molecule has 5 heteroatoms. The van der Waals surface area contributed by atoms with Crippen molar-refractivity contribution >= 4 is 17.3 Å². The third kappa shape index (κ3) is 3.15. The van der Waals surface area contributed by atoms with E-state index < -0.39 is 0 Å². The molecule has 0 saturated carbocycles. The van der Waals surface area contributed by atoms with E-state index in [-0.39, 0.29) is 0 Å². The predicted molar refractivity (Wildman–Crippen MR) is 90.6 cm³/mol. The number of para-hydroxylation sites is 1. The monoisotopic (exact) mass is 323 g/mol. The first-order valence-electron chi connectivity index (χ1n) is 7.04. The van der Waals surface area contributed by atoms with E-state index in [2.05, 4.69) is 6.07 Å². The zero-order chi connectivity index (χ0) is 16.2. The molecule has 4 nitrogen and oxygen atoms in total. The number of halogens is 1. The van der Waals surface area contributed by atoms with Crippen LogP contribution in [0.15, 0.2) is 60.7 Å². The summed E-state index contributed by atoms with van der Waals surface area (Å²) in [6.45, 7) is 0.487. The predicted octanol–water partition coefficient (Wildman–Crippen LogP) is 4.44. The van der Waals surface area contributed by atoms with Gasteiger partial charge in [-0.1, -0.05) is 54.1 Å². The van der Waals surface area contributed by atoms with Gasteiger partial charge < -0.3 is 10.5 Å². The van der Waals surface area contributed by atoms with Crippen LogP contribution in [0.2, 0.25) is 5.02 Å². The lowest BCUT2D eigenvalue weighted by molar-refractivity contribution is 0.437. The maximum Gasteiger partial charge on any atom is 0.224 e. The minimum Gasteiger partial charge on any atom is -0.437 e. The van der Waals surface area contributed by atoms with E-state index in [1.54, 1.807) is 22.8 Å². The van der Waals surface area contributed by atoms with Gasteiger partial charge in [-0.2, -0.15) is 5.26 Å². The van der Waals surface area contributed by atoms with E-state index in [9.17, 15) is 5.26 Å². The highest BCUT2D eigenvalue weighted by molar-refractivity contribution is 6.32. The Morgan fingerprint density at radius 1 is 1.09 bits per heavy atom. The fourth-order valence-electron chi connectivity index (χ4n) is 2.31. The molecule has 3 rings (SSSR count). The van der Waals surface area contributed by atoms with Crippen LogP contribution in [0.5, 0.6) is 11.6 Å². The second kappa shape index (κ2) is 6.47. The van der Waals surface area contributed by atoms with Gasteiger partial charge in [0, 0.05) is 6.07 Å². The highest BCUT2D eigenvalue weighted by Crippen LogP contribution is 2.35. The number of ether oxygens (including phenoxy) is 1. The maximum atomic E-state index is 9.35. The van der Waals surface area contributed by atoms with Crippen molar-refractivity contribution in [3.05, 3.63) is 76.9 Å². The number of hydrogen-bond acceptors (Lipinski definition) is 3. The van der Waals surface area contributed by atoms with Crippen molar-refractivity contribution in [2.24, 2.45) is 0 Å². The first-order chi connectivity index (χ1) is 11.2. The number of nitrogens with zero attached hydrogens (tertiary/aromatic N) is 2. The Hall–Kier alpha value is -2.90. The molecule has 0 radical (unpaired) electrons. The molecule has 114 valence electrons. The number of benzene rings is 2. The largest absolute Gasteiger partial charge is 0.437 e. The van der Waals surface area contributed by atoms with Crippen LogP contribution in [-0.4, -0.2) is 4.57 Å². The normalized spacial score (nSPS) is 10.3. The van der Waals surface area contributed by atoms with Crippen LogP contribution in [0.3, 0.4) is 0 Å². The van der Waals surface area contributed by atoms with Gasteiger partial charge in [0.1, 0.15) is 17.5 Å². The molecular weight excluding hydrogens is 310 g/mol. The Kier molecular flexibility index (Phi) is 4.22. The molecule has 1 heterocycles. The molecule has 0 spiro atoms. The van der Waals surface area contributed by atoms with Crippen molar-refractivity contribution in [2.45, 2.75) is 6.54 Å². The maximum absolute atomic E-state index is 9.35. The van der Waals surface area contributed by atoms with Gasteiger partial charge >= 0.3 is 0 Å². The lowest BCUT2D eigenvalue weighted by atomic mass is 10.2. The molecule has 0 bridgehead atoms. The van der Waals surface area contributed by atoms with Crippen molar-refractivity contribution < 1.29 is 4.74 Å². The van der Waals surface area contributed by atoms with Gasteiger partial charge in [0.25, 0.3) is 0 Å². The van der Waals surface area contributed by atoms with Gasteiger partial charge in [-0.3, -0.25) is 4.57 Å². The van der Waals surface area contributed by atoms with Gasteiger partial charge in [0.15, 0.2) is 0 Å². The van der Waals surface area contributed by atoms with Crippen LogP contribution >= 0.6 is 11.6 Å². The summed E-state index contributed by atoms with van der Waals surface area (Å²) in [6, 6.07) is 20.7. The van der Waals surface area contributed by atoms with Crippen LogP contribution in [0.25, 0.3) is 0 Å². The fraction of sp³-hybridized carbons (Fsp3) is 0.0556. The number of rotatable bonds is 4. The fourth-order valence-corrected chi connectivity index (χ4v) is 2.49. The summed E-state index contributed by atoms with van der Waals surface area (Å²) in [4.78, 5) is 0. The molecule has 0 unspecified atom stereocenters. The highest BCUT2D eigenvalue weighted by atomic mass is 35.5. The van der Waals surface area contributed by atoms with E-state index in [1.165, 1.54) is 0 Å². The van der Waals surface area contributed by atoms with Crippen molar-refractivity contribution in [1.29, 1.82) is 5.26 Å². The summed E-state index contributed by atoms with van der Waals surface area (Å²) in [6.07, 6.45) is 0. The molecular formula is C18H14ClN3O. The minimum atomic E-state index is 0.400. The standard InChI is InChI=1S/C18H14ClN3O/c19-15-8-4-5-9-17(15)23-18-16(21)10-14(11-20)22(18)12-13-6-2-1-3-7-13/h1-10H,12,21H2. The number of nitrogen functional groups attached to an aromatic ring is 1. The third-order valence-corrected chi connectivity index (χ3v) is 3.73. The molecule has 0 atom stereocenters. The molecule has 0 aliphatic carbocycles. The number of hydrogen-bond donors (Lipinski definition) is 1. The molecule has 2 aromatic carbocycles. The molecule has 0 saturated heterocycles. The Bertz CT molecular complexity index is 866. The van der Waals surface area contributed by atoms with E-state index in [0.717, 1.165) is 5.56 Å². The number of anilines is 1. The lowest BCUT2D eigenvalue weighted by Crippen LogP contribution is -2.05. The van der Waals surface area contributed by atoms with E-state index in [1.807, 2.05) is 42.5 Å². The van der Waals surface area contributed by atoms with Crippen molar-refractivity contribution in [3.63, 3.8) is 0 Å². The summed E-state index contributed by atoms with van der Waals surface area (Å²) in [5.41, 5.74) is 7.91. The van der Waals surface area contributed by atoms with Crippen molar-refractivity contribution in [3.8, 4) is 17.7 Å². The van der Waals surface area contributed by atoms with Crippen molar-refractivity contribution in [2.75, 3.05) is 5.73 Å². The molecule has 0 amide bonds. The Labute approximate surface area is 139 Å². The van der Waals surface area contributed by atoms with Gasteiger partial charge in [-0.05, 0) is 17.7 Å². The van der Waals surface area contributed by atoms with Crippen LogP contribution < -0.4 is 10.5 Å².